The lowest BCUT2D eigenvalue weighted by Gasteiger charge is -2.12. The van der Waals surface area contributed by atoms with Gasteiger partial charge in [-0.3, -0.25) is 0 Å². The van der Waals surface area contributed by atoms with Crippen molar-refractivity contribution in [2.75, 3.05) is 6.61 Å². The molecule has 0 aliphatic heterocycles. The SMILES string of the molecule is FC(F)(F)c1nnc2c(OCC3CCCC3)nc3cccnc3n12. The molecule has 0 spiro atoms. The van der Waals surface area contributed by atoms with Crippen LogP contribution in [0.2, 0.25) is 0 Å². The highest BCUT2D eigenvalue weighted by molar-refractivity contribution is 5.76. The third-order valence-corrected chi connectivity index (χ3v) is 4.24. The van der Waals surface area contributed by atoms with E-state index in [0.29, 0.717) is 18.0 Å². The number of alkyl halides is 3. The van der Waals surface area contributed by atoms with Crippen molar-refractivity contribution in [1.29, 1.82) is 0 Å². The van der Waals surface area contributed by atoms with Crippen molar-refractivity contribution in [3.63, 3.8) is 0 Å². The minimum absolute atomic E-state index is 0.0537. The minimum atomic E-state index is -4.64. The highest BCUT2D eigenvalue weighted by Crippen LogP contribution is 2.32. The Labute approximate surface area is 134 Å². The molecule has 3 heterocycles. The third-order valence-electron chi connectivity index (χ3n) is 4.24. The summed E-state index contributed by atoms with van der Waals surface area (Å²) in [6.07, 6.45) is 1.19. The van der Waals surface area contributed by atoms with Gasteiger partial charge in [0.25, 0.3) is 5.88 Å². The normalized spacial score (nSPS) is 16.3. The molecule has 0 saturated heterocycles. The Kier molecular flexibility index (Phi) is 3.50. The summed E-state index contributed by atoms with van der Waals surface area (Å²) in [6, 6.07) is 3.20. The largest absolute Gasteiger partial charge is 0.475 e. The summed E-state index contributed by atoms with van der Waals surface area (Å²) < 4.78 is 46.3. The molecule has 3 aromatic heterocycles. The molecule has 0 bridgehead atoms. The topological polar surface area (TPSA) is 65.2 Å². The van der Waals surface area contributed by atoms with E-state index >= 15 is 0 Å². The predicted octanol–water partition coefficient (Wildman–Crippen LogP) is 3.26. The van der Waals surface area contributed by atoms with Gasteiger partial charge in [-0.05, 0) is 30.9 Å². The van der Waals surface area contributed by atoms with Crippen LogP contribution in [0.15, 0.2) is 18.3 Å². The number of aromatic nitrogens is 5. The van der Waals surface area contributed by atoms with E-state index in [1.165, 1.54) is 6.20 Å². The first-order chi connectivity index (χ1) is 11.5. The van der Waals surface area contributed by atoms with Crippen molar-refractivity contribution in [2.24, 2.45) is 5.92 Å². The molecule has 3 aromatic rings. The molecule has 9 heteroatoms. The molecule has 4 rings (SSSR count). The molecule has 0 radical (unpaired) electrons. The van der Waals surface area contributed by atoms with Crippen molar-refractivity contribution in [1.82, 2.24) is 24.6 Å². The van der Waals surface area contributed by atoms with Gasteiger partial charge in [0.1, 0.15) is 5.52 Å². The van der Waals surface area contributed by atoms with Gasteiger partial charge in [-0.2, -0.15) is 13.2 Å². The molecular formula is C15H14F3N5O. The maximum Gasteiger partial charge on any atom is 0.452 e. The van der Waals surface area contributed by atoms with Crippen molar-refractivity contribution in [3.05, 3.63) is 24.2 Å². The summed E-state index contributed by atoms with van der Waals surface area (Å²) >= 11 is 0. The minimum Gasteiger partial charge on any atom is -0.475 e. The van der Waals surface area contributed by atoms with Crippen molar-refractivity contribution >= 4 is 16.8 Å². The fourth-order valence-corrected chi connectivity index (χ4v) is 3.09. The molecule has 1 aliphatic rings. The van der Waals surface area contributed by atoms with Crippen LogP contribution in [0, 0.1) is 5.92 Å². The van der Waals surface area contributed by atoms with E-state index in [0.717, 1.165) is 30.1 Å². The molecule has 1 fully saturated rings. The van der Waals surface area contributed by atoms with Crippen molar-refractivity contribution in [3.8, 4) is 5.88 Å². The predicted molar refractivity (Wildman–Crippen MR) is 78.5 cm³/mol. The van der Waals surface area contributed by atoms with Crippen LogP contribution >= 0.6 is 0 Å². The number of rotatable bonds is 3. The first-order valence-corrected chi connectivity index (χ1v) is 7.74. The zero-order valence-corrected chi connectivity index (χ0v) is 12.6. The molecular weight excluding hydrogens is 323 g/mol. The monoisotopic (exact) mass is 337 g/mol. The van der Waals surface area contributed by atoms with E-state index in [-0.39, 0.29) is 17.2 Å². The number of hydrogen-bond donors (Lipinski definition) is 0. The first kappa shape index (κ1) is 15.1. The van der Waals surface area contributed by atoms with Crippen LogP contribution in [0.5, 0.6) is 5.88 Å². The molecule has 126 valence electrons. The number of ether oxygens (including phenoxy) is 1. The molecule has 0 N–H and O–H groups in total. The van der Waals surface area contributed by atoms with Gasteiger partial charge in [0.05, 0.1) is 6.61 Å². The first-order valence-electron chi connectivity index (χ1n) is 7.74. The van der Waals surface area contributed by atoms with Gasteiger partial charge in [0.2, 0.25) is 11.5 Å². The van der Waals surface area contributed by atoms with E-state index < -0.39 is 12.0 Å². The van der Waals surface area contributed by atoms with Crippen molar-refractivity contribution < 1.29 is 17.9 Å². The summed E-state index contributed by atoms with van der Waals surface area (Å²) in [5, 5.41) is 6.93. The summed E-state index contributed by atoms with van der Waals surface area (Å²) in [7, 11) is 0. The van der Waals surface area contributed by atoms with E-state index in [1.54, 1.807) is 12.1 Å². The lowest BCUT2D eigenvalue weighted by atomic mass is 10.1. The van der Waals surface area contributed by atoms with Gasteiger partial charge in [0.15, 0.2) is 5.65 Å². The Balaban J connectivity index is 1.84. The second kappa shape index (κ2) is 5.57. The van der Waals surface area contributed by atoms with Gasteiger partial charge in [-0.15, -0.1) is 10.2 Å². The van der Waals surface area contributed by atoms with Crippen LogP contribution in [0.1, 0.15) is 31.5 Å². The summed E-state index contributed by atoms with van der Waals surface area (Å²) in [6.45, 7) is 0.419. The Morgan fingerprint density at radius 3 is 2.71 bits per heavy atom. The van der Waals surface area contributed by atoms with Gasteiger partial charge >= 0.3 is 6.18 Å². The number of halogens is 3. The average molecular weight is 337 g/mol. The average Bonchev–Trinajstić information content (AvgIpc) is 3.21. The van der Waals surface area contributed by atoms with Gasteiger partial charge in [0, 0.05) is 6.20 Å². The number of nitrogens with zero attached hydrogens (tertiary/aromatic N) is 5. The molecule has 0 amide bonds. The molecule has 1 saturated carbocycles. The molecule has 1 aliphatic carbocycles. The fourth-order valence-electron chi connectivity index (χ4n) is 3.09. The van der Waals surface area contributed by atoms with Crippen LogP contribution in [0.25, 0.3) is 16.8 Å². The summed E-state index contributed by atoms with van der Waals surface area (Å²) in [4.78, 5) is 8.28. The summed E-state index contributed by atoms with van der Waals surface area (Å²) in [5.74, 6) is -0.666. The van der Waals surface area contributed by atoms with Crippen molar-refractivity contribution in [2.45, 2.75) is 31.9 Å². The lowest BCUT2D eigenvalue weighted by Crippen LogP contribution is -2.13. The molecule has 0 unspecified atom stereocenters. The molecule has 0 aromatic carbocycles. The Bertz CT molecular complexity index is 886. The van der Waals surface area contributed by atoms with E-state index in [2.05, 4.69) is 20.2 Å². The van der Waals surface area contributed by atoms with Crippen LogP contribution in [-0.4, -0.2) is 31.2 Å². The second-order valence-electron chi connectivity index (χ2n) is 5.90. The molecule has 0 atom stereocenters. The van der Waals surface area contributed by atoms with Crippen LogP contribution < -0.4 is 4.74 Å². The zero-order chi connectivity index (χ0) is 16.7. The Morgan fingerprint density at radius 1 is 1.17 bits per heavy atom. The zero-order valence-electron chi connectivity index (χ0n) is 12.6. The maximum atomic E-state index is 13.2. The molecule has 6 nitrogen and oxygen atoms in total. The lowest BCUT2D eigenvalue weighted by molar-refractivity contribution is -0.145. The van der Waals surface area contributed by atoms with E-state index in [1.807, 2.05) is 0 Å². The quantitative estimate of drug-likeness (QED) is 0.734. The summed E-state index contributed by atoms with van der Waals surface area (Å²) in [5.41, 5.74) is 0.293. The second-order valence-corrected chi connectivity index (χ2v) is 5.90. The van der Waals surface area contributed by atoms with E-state index in [9.17, 15) is 13.2 Å². The van der Waals surface area contributed by atoms with Crippen LogP contribution in [-0.2, 0) is 6.18 Å². The molecule has 24 heavy (non-hydrogen) atoms. The Hall–Kier alpha value is -2.45. The van der Waals surface area contributed by atoms with Gasteiger partial charge < -0.3 is 4.74 Å². The standard InChI is InChI=1S/C15H14F3N5O/c16-15(17,18)14-22-21-12-13(24-8-9-4-1-2-5-9)20-10-6-3-7-19-11(10)23(12)14/h3,6-7,9H,1-2,4-5,8H2. The number of fused-ring (bicyclic) bond motifs is 3. The van der Waals surface area contributed by atoms with Crippen LogP contribution in [0.4, 0.5) is 13.2 Å². The smallest absolute Gasteiger partial charge is 0.452 e. The fraction of sp³-hybridized carbons (Fsp3) is 0.467. The van der Waals surface area contributed by atoms with E-state index in [4.69, 9.17) is 4.74 Å². The van der Waals surface area contributed by atoms with Crippen LogP contribution in [0.3, 0.4) is 0 Å². The third kappa shape index (κ3) is 2.53. The highest BCUT2D eigenvalue weighted by atomic mass is 19.4. The van der Waals surface area contributed by atoms with Gasteiger partial charge in [-0.25, -0.2) is 14.4 Å². The van der Waals surface area contributed by atoms with Gasteiger partial charge in [-0.1, -0.05) is 12.8 Å². The Morgan fingerprint density at radius 2 is 1.96 bits per heavy atom. The maximum absolute atomic E-state index is 13.2. The highest BCUT2D eigenvalue weighted by Gasteiger charge is 2.38. The number of pyridine rings is 1. The number of hydrogen-bond acceptors (Lipinski definition) is 5.